The Hall–Kier alpha value is -1.57. The third-order valence-corrected chi connectivity index (χ3v) is 7.54. The minimum atomic E-state index is -3.72. The maximum Gasteiger partial charge on any atom is 0.243 e. The summed E-state index contributed by atoms with van der Waals surface area (Å²) in [6.07, 6.45) is 0.730. The summed E-state index contributed by atoms with van der Waals surface area (Å²) in [6, 6.07) is 14.0. The molecule has 0 spiro atoms. The van der Waals surface area contributed by atoms with Gasteiger partial charge in [0.25, 0.3) is 0 Å². The Labute approximate surface area is 158 Å². The van der Waals surface area contributed by atoms with Gasteiger partial charge in [-0.05, 0) is 37.1 Å². The van der Waals surface area contributed by atoms with E-state index in [4.69, 9.17) is 4.74 Å². The zero-order valence-electron chi connectivity index (χ0n) is 14.6. The van der Waals surface area contributed by atoms with Crippen molar-refractivity contribution in [3.8, 4) is 5.75 Å². The van der Waals surface area contributed by atoms with Crippen molar-refractivity contribution in [3.05, 3.63) is 59.9 Å². The van der Waals surface area contributed by atoms with Crippen molar-refractivity contribution in [2.24, 2.45) is 0 Å². The van der Waals surface area contributed by atoms with Crippen LogP contribution in [0.1, 0.15) is 24.2 Å². The number of thioether (sulfide) groups is 1. The number of rotatable bonds is 5. The van der Waals surface area contributed by atoms with Crippen LogP contribution in [0.5, 0.6) is 5.75 Å². The molecule has 0 aromatic heterocycles. The summed E-state index contributed by atoms with van der Waals surface area (Å²) >= 11 is 1.76. The molecule has 1 saturated heterocycles. The van der Waals surface area contributed by atoms with Gasteiger partial charge in [0.1, 0.15) is 0 Å². The fourth-order valence-electron chi connectivity index (χ4n) is 2.99. The number of hydrogen-bond donors (Lipinski definition) is 0. The summed E-state index contributed by atoms with van der Waals surface area (Å²) in [7, 11) is -3.72. The van der Waals surface area contributed by atoms with Crippen molar-refractivity contribution in [1.29, 1.82) is 0 Å². The lowest BCUT2D eigenvalue weighted by molar-refractivity contribution is 0.321. The van der Waals surface area contributed by atoms with Gasteiger partial charge in [0.2, 0.25) is 10.0 Å². The van der Waals surface area contributed by atoms with Crippen LogP contribution in [-0.2, 0) is 10.0 Å². The average molecular weight is 396 g/mol. The molecule has 1 unspecified atom stereocenters. The van der Waals surface area contributed by atoms with Crippen LogP contribution in [0.3, 0.4) is 0 Å². The number of hydrogen-bond acceptors (Lipinski definition) is 4. The SMILES string of the molecule is CCOc1ccc(S(=O)(=O)N2CCSC(c3ccccc3)CC2)cc1F. The third-order valence-electron chi connectivity index (χ3n) is 4.31. The average Bonchev–Trinajstić information content (AvgIpc) is 2.91. The molecule has 0 aliphatic carbocycles. The highest BCUT2D eigenvalue weighted by molar-refractivity contribution is 7.99. The number of ether oxygens (including phenoxy) is 1. The van der Waals surface area contributed by atoms with E-state index in [1.807, 2.05) is 18.2 Å². The van der Waals surface area contributed by atoms with E-state index in [1.165, 1.54) is 22.0 Å². The van der Waals surface area contributed by atoms with Crippen LogP contribution in [0.2, 0.25) is 0 Å². The molecular weight excluding hydrogens is 373 g/mol. The van der Waals surface area contributed by atoms with E-state index in [-0.39, 0.29) is 15.9 Å². The number of halogens is 1. The molecule has 1 atom stereocenters. The van der Waals surface area contributed by atoms with E-state index in [9.17, 15) is 12.8 Å². The van der Waals surface area contributed by atoms with E-state index in [2.05, 4.69) is 12.1 Å². The summed E-state index contributed by atoms with van der Waals surface area (Å²) in [5.41, 5.74) is 1.21. The lowest BCUT2D eigenvalue weighted by Crippen LogP contribution is -2.33. The van der Waals surface area contributed by atoms with Crippen LogP contribution in [0.15, 0.2) is 53.4 Å². The fourth-order valence-corrected chi connectivity index (χ4v) is 5.80. The Morgan fingerprint density at radius 1 is 1.19 bits per heavy atom. The van der Waals surface area contributed by atoms with Gasteiger partial charge in [-0.25, -0.2) is 12.8 Å². The minimum absolute atomic E-state index is 0.0263. The van der Waals surface area contributed by atoms with Crippen molar-refractivity contribution in [2.75, 3.05) is 25.4 Å². The number of benzene rings is 2. The predicted molar refractivity (Wildman–Crippen MR) is 103 cm³/mol. The molecular formula is C19H22FNO3S2. The van der Waals surface area contributed by atoms with Gasteiger partial charge in [0, 0.05) is 24.1 Å². The molecule has 1 fully saturated rings. The molecule has 7 heteroatoms. The number of nitrogens with zero attached hydrogens (tertiary/aromatic N) is 1. The first-order valence-electron chi connectivity index (χ1n) is 8.61. The minimum Gasteiger partial charge on any atom is -0.491 e. The Morgan fingerprint density at radius 3 is 2.65 bits per heavy atom. The van der Waals surface area contributed by atoms with E-state index >= 15 is 0 Å². The second kappa shape index (κ2) is 8.41. The van der Waals surface area contributed by atoms with Crippen LogP contribution in [0.4, 0.5) is 4.39 Å². The molecule has 0 amide bonds. The molecule has 1 aliphatic heterocycles. The number of sulfonamides is 1. The summed E-state index contributed by atoms with van der Waals surface area (Å²) in [5.74, 6) is 0.125. The van der Waals surface area contributed by atoms with E-state index in [0.717, 1.165) is 12.5 Å². The van der Waals surface area contributed by atoms with Gasteiger partial charge >= 0.3 is 0 Å². The van der Waals surface area contributed by atoms with Crippen LogP contribution in [0, 0.1) is 5.82 Å². The molecule has 140 valence electrons. The van der Waals surface area contributed by atoms with Crippen LogP contribution in [0.25, 0.3) is 0 Å². The first kappa shape index (κ1) is 19.2. The van der Waals surface area contributed by atoms with Crippen molar-refractivity contribution in [1.82, 2.24) is 4.31 Å². The lowest BCUT2D eigenvalue weighted by Gasteiger charge is -2.20. The van der Waals surface area contributed by atoms with Gasteiger partial charge in [-0.15, -0.1) is 0 Å². The second-order valence-corrected chi connectivity index (χ2v) is 9.24. The Bertz CT molecular complexity index is 843. The van der Waals surface area contributed by atoms with Gasteiger partial charge < -0.3 is 4.74 Å². The normalized spacial score (nSPS) is 19.1. The molecule has 2 aromatic rings. The first-order chi connectivity index (χ1) is 12.5. The highest BCUT2D eigenvalue weighted by Crippen LogP contribution is 2.35. The van der Waals surface area contributed by atoms with E-state index < -0.39 is 15.8 Å². The van der Waals surface area contributed by atoms with E-state index in [1.54, 1.807) is 18.7 Å². The molecule has 0 N–H and O–H groups in total. The van der Waals surface area contributed by atoms with Gasteiger partial charge in [0.15, 0.2) is 11.6 Å². The maximum atomic E-state index is 14.1. The molecule has 26 heavy (non-hydrogen) atoms. The maximum absolute atomic E-state index is 14.1. The predicted octanol–water partition coefficient (Wildman–Crippen LogP) is 4.09. The standard InChI is InChI=1S/C19H22FNO3S2/c1-2-24-18-9-8-16(14-17(18)20)26(22,23)21-11-10-19(25-13-12-21)15-6-4-3-5-7-15/h3-9,14,19H,2,10-13H2,1H3. The van der Waals surface area contributed by atoms with Crippen LogP contribution >= 0.6 is 11.8 Å². The molecule has 3 rings (SSSR count). The van der Waals surface area contributed by atoms with Gasteiger partial charge in [0.05, 0.1) is 11.5 Å². The first-order valence-corrected chi connectivity index (χ1v) is 11.1. The highest BCUT2D eigenvalue weighted by Gasteiger charge is 2.29. The summed E-state index contributed by atoms with van der Waals surface area (Å²) < 4.78 is 46.5. The van der Waals surface area contributed by atoms with Crippen LogP contribution in [-0.4, -0.2) is 38.2 Å². The second-order valence-electron chi connectivity index (χ2n) is 5.99. The summed E-state index contributed by atoms with van der Waals surface area (Å²) in [6.45, 7) is 2.92. The van der Waals surface area contributed by atoms with Crippen molar-refractivity contribution in [3.63, 3.8) is 0 Å². The van der Waals surface area contributed by atoms with Crippen molar-refractivity contribution in [2.45, 2.75) is 23.5 Å². The van der Waals surface area contributed by atoms with Gasteiger partial charge in [-0.3, -0.25) is 0 Å². The largest absolute Gasteiger partial charge is 0.491 e. The third kappa shape index (κ3) is 4.22. The zero-order chi connectivity index (χ0) is 18.6. The molecule has 1 aliphatic rings. The smallest absolute Gasteiger partial charge is 0.243 e. The molecule has 2 aromatic carbocycles. The van der Waals surface area contributed by atoms with E-state index in [0.29, 0.717) is 25.4 Å². The van der Waals surface area contributed by atoms with Crippen molar-refractivity contribution < 1.29 is 17.5 Å². The summed E-state index contributed by atoms with van der Waals surface area (Å²) in [5, 5.41) is 0.272. The monoisotopic (exact) mass is 395 g/mol. The molecule has 4 nitrogen and oxygen atoms in total. The quantitative estimate of drug-likeness (QED) is 0.765. The van der Waals surface area contributed by atoms with Gasteiger partial charge in [-0.2, -0.15) is 16.1 Å². The van der Waals surface area contributed by atoms with Crippen molar-refractivity contribution >= 4 is 21.8 Å². The topological polar surface area (TPSA) is 46.6 Å². The Morgan fingerprint density at radius 2 is 1.96 bits per heavy atom. The Kier molecular flexibility index (Phi) is 6.21. The van der Waals surface area contributed by atoms with Crippen LogP contribution < -0.4 is 4.74 Å². The Balaban J connectivity index is 1.76. The lowest BCUT2D eigenvalue weighted by atomic mass is 10.1. The van der Waals surface area contributed by atoms with Gasteiger partial charge in [-0.1, -0.05) is 30.3 Å². The molecule has 0 radical (unpaired) electrons. The molecule has 0 saturated carbocycles. The molecule has 1 heterocycles. The summed E-state index contributed by atoms with van der Waals surface area (Å²) in [4.78, 5) is -0.0263. The highest BCUT2D eigenvalue weighted by atomic mass is 32.2. The molecule has 0 bridgehead atoms. The fraction of sp³-hybridized carbons (Fsp3) is 0.368. The zero-order valence-corrected chi connectivity index (χ0v) is 16.2.